The van der Waals surface area contributed by atoms with Crippen molar-refractivity contribution in [3.05, 3.63) is 46.3 Å². The number of likely N-dealkylation sites (N-methyl/N-ethyl adjacent to an activating group) is 1. The van der Waals surface area contributed by atoms with Crippen molar-refractivity contribution in [1.29, 1.82) is 0 Å². The van der Waals surface area contributed by atoms with Crippen molar-refractivity contribution in [1.82, 2.24) is 9.88 Å². The Hall–Kier alpha value is -2.39. The van der Waals surface area contributed by atoms with Crippen molar-refractivity contribution in [3.63, 3.8) is 0 Å². The number of hydrogen-bond donors (Lipinski definition) is 0. The number of fused-ring (bicyclic) bond motifs is 3. The standard InChI is InChI=1S/C21H18ClN3O3S2/c1-24(2)7-8-25(20(26)19-18(22)12-5-3-4-6-16(12)29-19)21-23-13-9-14-15(28-11-27-14)10-17(13)30-21/h3-6,9-10H,7-8,11H2,1-2H3. The molecule has 0 bridgehead atoms. The Kier molecular flexibility index (Phi) is 5.02. The second kappa shape index (κ2) is 7.70. The van der Waals surface area contributed by atoms with E-state index in [4.69, 9.17) is 26.1 Å². The lowest BCUT2D eigenvalue weighted by Gasteiger charge is -2.21. The smallest absolute Gasteiger partial charge is 0.271 e. The first-order chi connectivity index (χ1) is 14.5. The van der Waals surface area contributed by atoms with E-state index in [1.807, 2.05) is 55.4 Å². The van der Waals surface area contributed by atoms with Crippen LogP contribution in [0.5, 0.6) is 11.5 Å². The van der Waals surface area contributed by atoms with Crippen molar-refractivity contribution in [2.45, 2.75) is 0 Å². The number of carbonyl (C=O) groups is 1. The molecular weight excluding hydrogens is 442 g/mol. The fraction of sp³-hybridized carbons (Fsp3) is 0.238. The van der Waals surface area contributed by atoms with Gasteiger partial charge in [-0.15, -0.1) is 11.3 Å². The summed E-state index contributed by atoms with van der Waals surface area (Å²) in [5.41, 5.74) is 0.782. The van der Waals surface area contributed by atoms with E-state index >= 15 is 0 Å². The van der Waals surface area contributed by atoms with Crippen LogP contribution in [0.2, 0.25) is 5.02 Å². The van der Waals surface area contributed by atoms with Gasteiger partial charge in [-0.25, -0.2) is 4.98 Å². The van der Waals surface area contributed by atoms with Gasteiger partial charge < -0.3 is 14.4 Å². The zero-order chi connectivity index (χ0) is 20.8. The summed E-state index contributed by atoms with van der Waals surface area (Å²) in [5.74, 6) is 1.25. The van der Waals surface area contributed by atoms with Crippen LogP contribution in [0.4, 0.5) is 5.13 Å². The zero-order valence-corrected chi connectivity index (χ0v) is 18.7. The molecule has 1 aliphatic rings. The van der Waals surface area contributed by atoms with Gasteiger partial charge in [0.1, 0.15) is 4.88 Å². The Balaban J connectivity index is 1.56. The molecule has 5 rings (SSSR count). The van der Waals surface area contributed by atoms with Crippen LogP contribution in [-0.2, 0) is 0 Å². The van der Waals surface area contributed by atoms with E-state index in [-0.39, 0.29) is 12.7 Å². The summed E-state index contributed by atoms with van der Waals surface area (Å²) in [6.07, 6.45) is 0. The summed E-state index contributed by atoms with van der Waals surface area (Å²) in [6.45, 7) is 1.42. The molecule has 0 N–H and O–H groups in total. The number of thiophene rings is 1. The Labute approximate surface area is 186 Å². The molecular formula is C21H18ClN3O3S2. The number of halogens is 1. The predicted molar refractivity (Wildman–Crippen MR) is 123 cm³/mol. The number of nitrogens with zero attached hydrogens (tertiary/aromatic N) is 3. The zero-order valence-electron chi connectivity index (χ0n) is 16.3. The van der Waals surface area contributed by atoms with Crippen LogP contribution in [0.1, 0.15) is 9.67 Å². The fourth-order valence-corrected chi connectivity index (χ4v) is 5.74. The minimum absolute atomic E-state index is 0.137. The van der Waals surface area contributed by atoms with E-state index in [1.165, 1.54) is 22.7 Å². The van der Waals surface area contributed by atoms with Crippen molar-refractivity contribution in [2.75, 3.05) is 38.9 Å². The van der Waals surface area contributed by atoms with E-state index in [0.717, 1.165) is 20.3 Å². The van der Waals surface area contributed by atoms with Crippen molar-refractivity contribution >= 4 is 65.6 Å². The molecule has 9 heteroatoms. The molecule has 30 heavy (non-hydrogen) atoms. The van der Waals surface area contributed by atoms with E-state index < -0.39 is 0 Å². The number of carbonyl (C=O) groups excluding carboxylic acids is 1. The monoisotopic (exact) mass is 459 g/mol. The lowest BCUT2D eigenvalue weighted by atomic mass is 10.2. The largest absolute Gasteiger partial charge is 0.454 e. The van der Waals surface area contributed by atoms with E-state index in [2.05, 4.69) is 0 Å². The van der Waals surface area contributed by atoms with Gasteiger partial charge in [-0.2, -0.15) is 0 Å². The minimum atomic E-state index is -0.137. The predicted octanol–water partition coefficient (Wildman–Crippen LogP) is 5.10. The van der Waals surface area contributed by atoms with Crippen LogP contribution in [-0.4, -0.2) is 49.8 Å². The quantitative estimate of drug-likeness (QED) is 0.415. The number of aromatic nitrogens is 1. The molecule has 0 spiro atoms. The topological polar surface area (TPSA) is 54.9 Å². The molecule has 0 atom stereocenters. The number of rotatable bonds is 5. The summed E-state index contributed by atoms with van der Waals surface area (Å²) in [6, 6.07) is 11.6. The molecule has 1 amide bonds. The first kappa shape index (κ1) is 19.6. The molecule has 0 fully saturated rings. The second-order valence-electron chi connectivity index (χ2n) is 7.17. The summed E-state index contributed by atoms with van der Waals surface area (Å²) < 4.78 is 12.9. The molecule has 0 radical (unpaired) electrons. The van der Waals surface area contributed by atoms with Gasteiger partial charge in [0.05, 0.1) is 15.2 Å². The fourth-order valence-electron chi connectivity index (χ4n) is 3.28. The Morgan fingerprint density at radius 3 is 2.63 bits per heavy atom. The van der Waals surface area contributed by atoms with E-state index in [9.17, 15) is 4.79 Å². The number of hydrogen-bond acceptors (Lipinski definition) is 7. The lowest BCUT2D eigenvalue weighted by molar-refractivity contribution is 0.0989. The van der Waals surface area contributed by atoms with Crippen LogP contribution < -0.4 is 14.4 Å². The average Bonchev–Trinajstić information content (AvgIpc) is 3.43. The Bertz CT molecular complexity index is 1230. The summed E-state index contributed by atoms with van der Waals surface area (Å²) in [7, 11) is 3.96. The first-order valence-electron chi connectivity index (χ1n) is 9.35. The second-order valence-corrected chi connectivity index (χ2v) is 9.61. The molecule has 6 nitrogen and oxygen atoms in total. The number of anilines is 1. The maximum atomic E-state index is 13.6. The van der Waals surface area contributed by atoms with Gasteiger partial charge in [0.2, 0.25) is 6.79 Å². The number of amides is 1. The highest BCUT2D eigenvalue weighted by Gasteiger charge is 2.27. The van der Waals surface area contributed by atoms with Crippen LogP contribution in [0.3, 0.4) is 0 Å². The average molecular weight is 460 g/mol. The van der Waals surface area contributed by atoms with Crippen LogP contribution in [0, 0.1) is 0 Å². The van der Waals surface area contributed by atoms with Crippen LogP contribution in [0.25, 0.3) is 20.3 Å². The third-order valence-electron chi connectivity index (χ3n) is 4.85. The summed E-state index contributed by atoms with van der Waals surface area (Å²) in [5, 5.41) is 2.03. The lowest BCUT2D eigenvalue weighted by Crippen LogP contribution is -2.36. The number of thiazole rings is 1. The van der Waals surface area contributed by atoms with Gasteiger partial charge in [-0.3, -0.25) is 9.69 Å². The SMILES string of the molecule is CN(C)CCN(C(=O)c1sc2ccccc2c1Cl)c1nc2cc3c(cc2s1)OCO3. The van der Waals surface area contributed by atoms with Gasteiger partial charge in [0.25, 0.3) is 5.91 Å². The van der Waals surface area contributed by atoms with Crippen molar-refractivity contribution in [2.24, 2.45) is 0 Å². The molecule has 0 aliphatic carbocycles. The highest BCUT2D eigenvalue weighted by Crippen LogP contribution is 2.41. The summed E-state index contributed by atoms with van der Waals surface area (Å²) in [4.78, 5) is 22.6. The Morgan fingerprint density at radius 2 is 1.87 bits per heavy atom. The van der Waals surface area contributed by atoms with E-state index in [0.29, 0.717) is 39.6 Å². The third kappa shape index (κ3) is 3.39. The molecule has 0 saturated carbocycles. The number of benzene rings is 2. The first-order valence-corrected chi connectivity index (χ1v) is 11.4. The molecule has 0 saturated heterocycles. The summed E-state index contributed by atoms with van der Waals surface area (Å²) >= 11 is 9.47. The van der Waals surface area contributed by atoms with Crippen molar-refractivity contribution < 1.29 is 14.3 Å². The molecule has 3 heterocycles. The van der Waals surface area contributed by atoms with Gasteiger partial charge in [-0.05, 0) is 20.2 Å². The van der Waals surface area contributed by atoms with Gasteiger partial charge >= 0.3 is 0 Å². The van der Waals surface area contributed by atoms with Gasteiger partial charge in [0, 0.05) is 35.3 Å². The van der Waals surface area contributed by atoms with Gasteiger partial charge in [-0.1, -0.05) is 41.1 Å². The van der Waals surface area contributed by atoms with Gasteiger partial charge in [0.15, 0.2) is 16.6 Å². The van der Waals surface area contributed by atoms with Crippen LogP contribution >= 0.6 is 34.3 Å². The maximum Gasteiger partial charge on any atom is 0.271 e. The molecule has 0 unspecified atom stereocenters. The Morgan fingerprint density at radius 1 is 1.10 bits per heavy atom. The molecule has 4 aromatic rings. The van der Waals surface area contributed by atoms with Crippen molar-refractivity contribution in [3.8, 4) is 11.5 Å². The highest BCUT2D eigenvalue weighted by atomic mass is 35.5. The molecule has 1 aliphatic heterocycles. The normalized spacial score (nSPS) is 12.9. The molecule has 2 aromatic heterocycles. The molecule has 154 valence electrons. The van der Waals surface area contributed by atoms with Crippen LogP contribution in [0.15, 0.2) is 36.4 Å². The van der Waals surface area contributed by atoms with E-state index in [1.54, 1.807) is 4.90 Å². The molecule has 2 aromatic carbocycles. The number of ether oxygens (including phenoxy) is 2. The minimum Gasteiger partial charge on any atom is -0.454 e. The maximum absolute atomic E-state index is 13.6. The highest BCUT2D eigenvalue weighted by molar-refractivity contribution is 7.23. The third-order valence-corrected chi connectivity index (χ3v) is 7.55.